The van der Waals surface area contributed by atoms with Gasteiger partial charge in [0.25, 0.3) is 0 Å². The van der Waals surface area contributed by atoms with Crippen LogP contribution in [0, 0.1) is 0 Å². The highest BCUT2D eigenvalue weighted by Gasteiger charge is 2.42. The minimum atomic E-state index is 0.0646. The van der Waals surface area contributed by atoms with E-state index in [4.69, 9.17) is 0 Å². The van der Waals surface area contributed by atoms with Gasteiger partial charge in [0.2, 0.25) is 0 Å². The van der Waals surface area contributed by atoms with E-state index < -0.39 is 0 Å². The van der Waals surface area contributed by atoms with Crippen molar-refractivity contribution in [1.29, 1.82) is 0 Å². The molecule has 1 aliphatic carbocycles. The van der Waals surface area contributed by atoms with Crippen LogP contribution in [0.2, 0.25) is 0 Å². The summed E-state index contributed by atoms with van der Waals surface area (Å²) < 4.78 is 2.23. The fourth-order valence-electron chi connectivity index (χ4n) is 6.64. The Morgan fingerprint density at radius 2 is 0.837 bits per heavy atom. The van der Waals surface area contributed by atoms with Crippen LogP contribution < -0.4 is 0 Å². The summed E-state index contributed by atoms with van der Waals surface area (Å²) in [5, 5.41) is 0. The monoisotopic (exact) mass is 694 g/mol. The molecule has 1 aliphatic rings. The van der Waals surface area contributed by atoms with E-state index in [-0.39, 0.29) is 5.41 Å². The number of rotatable bonds is 14. The lowest BCUT2D eigenvalue weighted by molar-refractivity contribution is 0.401. The highest BCUT2D eigenvalue weighted by Crippen LogP contribution is 2.55. The van der Waals surface area contributed by atoms with Crippen molar-refractivity contribution < 1.29 is 0 Å². The normalized spacial score (nSPS) is 13.6. The van der Waals surface area contributed by atoms with Crippen LogP contribution in [0.25, 0.3) is 35.4 Å². The van der Waals surface area contributed by atoms with Crippen LogP contribution in [-0.2, 0) is 5.41 Å². The zero-order valence-corrected chi connectivity index (χ0v) is 28.9. The van der Waals surface area contributed by atoms with Gasteiger partial charge in [-0.05, 0) is 81.6 Å². The van der Waals surface area contributed by atoms with Crippen LogP contribution in [-0.4, -0.2) is 0 Å². The first-order valence-corrected chi connectivity index (χ1v) is 17.8. The lowest BCUT2D eigenvalue weighted by Gasteiger charge is -2.33. The summed E-state index contributed by atoms with van der Waals surface area (Å²) in [6.45, 7) is 4.63. The molecule has 5 rings (SSSR count). The SMILES string of the molecule is CCCCCCC1(CCCCCC)c2cc(/C=C/c3ccc(Br)cc3)ccc2-c2ccc(/C=C/c3ccc(Br)cc3)cc21. The topological polar surface area (TPSA) is 0 Å². The molecule has 0 spiro atoms. The number of halogens is 2. The largest absolute Gasteiger partial charge is 0.0654 e. The lowest BCUT2D eigenvalue weighted by atomic mass is 9.70. The van der Waals surface area contributed by atoms with E-state index in [9.17, 15) is 0 Å². The van der Waals surface area contributed by atoms with Gasteiger partial charge in [-0.2, -0.15) is 0 Å². The van der Waals surface area contributed by atoms with Gasteiger partial charge in [-0.15, -0.1) is 0 Å². The summed E-state index contributed by atoms with van der Waals surface area (Å²) in [5.41, 5.74) is 11.0. The molecule has 0 nitrogen and oxygen atoms in total. The van der Waals surface area contributed by atoms with Crippen LogP contribution in [0.5, 0.6) is 0 Å². The standard InChI is InChI=1S/C41H44Br2/c1-3-5-7-9-27-41(28-10-8-6-4-2)39-29-33(13-11-31-15-21-35(42)22-16-31)19-25-37(39)38-26-20-34(30-40(38)41)14-12-32-17-23-36(43)24-18-32/h11-26,29-30H,3-10,27-28H2,1-2H3/b13-11+,14-12+. The quantitative estimate of drug-likeness (QED) is 0.0910. The maximum absolute atomic E-state index is 3.56. The van der Waals surface area contributed by atoms with Crippen molar-refractivity contribution in [2.45, 2.75) is 83.5 Å². The fraction of sp³-hybridized carbons (Fsp3) is 0.317. The highest BCUT2D eigenvalue weighted by atomic mass is 79.9. The first-order valence-electron chi connectivity index (χ1n) is 16.2. The second kappa shape index (κ2) is 15.4. The van der Waals surface area contributed by atoms with E-state index in [2.05, 4.69) is 155 Å². The molecule has 4 aromatic carbocycles. The minimum Gasteiger partial charge on any atom is -0.0654 e. The molecule has 2 heteroatoms. The van der Waals surface area contributed by atoms with Crippen molar-refractivity contribution in [3.05, 3.63) is 127 Å². The Bertz CT molecular complexity index is 1420. The van der Waals surface area contributed by atoms with Crippen molar-refractivity contribution in [1.82, 2.24) is 0 Å². The molecule has 0 saturated carbocycles. The Labute approximate surface area is 276 Å². The Kier molecular flexibility index (Phi) is 11.3. The van der Waals surface area contributed by atoms with Crippen LogP contribution in [0.1, 0.15) is 111 Å². The smallest absolute Gasteiger partial charge is 0.0215 e. The molecule has 222 valence electrons. The molecule has 0 amide bonds. The second-order valence-electron chi connectivity index (χ2n) is 12.1. The lowest BCUT2D eigenvalue weighted by Crippen LogP contribution is -2.25. The summed E-state index contributed by atoms with van der Waals surface area (Å²) in [6.07, 6.45) is 21.9. The van der Waals surface area contributed by atoms with Crippen molar-refractivity contribution in [2.24, 2.45) is 0 Å². The molecule has 0 radical (unpaired) electrons. The molecule has 0 heterocycles. The molecule has 0 atom stereocenters. The molecule has 0 unspecified atom stereocenters. The van der Waals surface area contributed by atoms with Crippen LogP contribution >= 0.6 is 31.9 Å². The zero-order valence-electron chi connectivity index (χ0n) is 25.7. The number of hydrogen-bond acceptors (Lipinski definition) is 0. The summed E-state index contributed by atoms with van der Waals surface area (Å²) in [4.78, 5) is 0. The van der Waals surface area contributed by atoms with Gasteiger partial charge in [-0.3, -0.25) is 0 Å². The van der Waals surface area contributed by atoms with Gasteiger partial charge in [0.15, 0.2) is 0 Å². The summed E-state index contributed by atoms with van der Waals surface area (Å²) in [7, 11) is 0. The molecule has 0 N–H and O–H groups in total. The molecule has 0 aromatic heterocycles. The van der Waals surface area contributed by atoms with Gasteiger partial charge >= 0.3 is 0 Å². The molecule has 0 fully saturated rings. The number of benzene rings is 4. The number of unbranched alkanes of at least 4 members (excludes halogenated alkanes) is 6. The zero-order chi connectivity index (χ0) is 30.1. The van der Waals surface area contributed by atoms with Crippen molar-refractivity contribution in [3.63, 3.8) is 0 Å². The number of hydrogen-bond donors (Lipinski definition) is 0. The van der Waals surface area contributed by atoms with E-state index in [1.165, 1.54) is 97.6 Å². The molecule has 0 saturated heterocycles. The first kappa shape index (κ1) is 31.7. The fourth-order valence-corrected chi connectivity index (χ4v) is 7.17. The average Bonchev–Trinajstić information content (AvgIpc) is 3.29. The molecular formula is C41H44Br2. The van der Waals surface area contributed by atoms with E-state index in [1.54, 1.807) is 11.1 Å². The van der Waals surface area contributed by atoms with Crippen LogP contribution in [0.3, 0.4) is 0 Å². The minimum absolute atomic E-state index is 0.0646. The second-order valence-corrected chi connectivity index (χ2v) is 13.9. The third-order valence-electron chi connectivity index (χ3n) is 9.00. The molecular weight excluding hydrogens is 652 g/mol. The molecule has 0 bridgehead atoms. The van der Waals surface area contributed by atoms with Gasteiger partial charge in [0.1, 0.15) is 0 Å². The average molecular weight is 697 g/mol. The predicted molar refractivity (Wildman–Crippen MR) is 196 cm³/mol. The van der Waals surface area contributed by atoms with Crippen molar-refractivity contribution >= 4 is 56.2 Å². The van der Waals surface area contributed by atoms with E-state index >= 15 is 0 Å². The van der Waals surface area contributed by atoms with Gasteiger partial charge in [0, 0.05) is 14.4 Å². The Balaban J connectivity index is 1.55. The highest BCUT2D eigenvalue weighted by molar-refractivity contribution is 9.10. The van der Waals surface area contributed by atoms with Gasteiger partial charge < -0.3 is 0 Å². The van der Waals surface area contributed by atoms with Crippen molar-refractivity contribution in [3.8, 4) is 11.1 Å². The maximum Gasteiger partial charge on any atom is 0.0215 e. The predicted octanol–water partition coefficient (Wildman–Crippen LogP) is 13.8. The third kappa shape index (κ3) is 7.89. The Morgan fingerprint density at radius 3 is 1.23 bits per heavy atom. The van der Waals surface area contributed by atoms with Gasteiger partial charge in [-0.1, -0.05) is 182 Å². The van der Waals surface area contributed by atoms with Crippen molar-refractivity contribution in [2.75, 3.05) is 0 Å². The molecule has 0 aliphatic heterocycles. The Morgan fingerprint density at radius 1 is 0.465 bits per heavy atom. The van der Waals surface area contributed by atoms with Crippen LogP contribution in [0.15, 0.2) is 93.9 Å². The number of fused-ring (bicyclic) bond motifs is 3. The van der Waals surface area contributed by atoms with E-state index in [1.807, 2.05) is 0 Å². The maximum atomic E-state index is 3.56. The Hall–Kier alpha value is -2.68. The summed E-state index contributed by atoms with van der Waals surface area (Å²) in [6, 6.07) is 31.5. The van der Waals surface area contributed by atoms with Crippen LogP contribution in [0.4, 0.5) is 0 Å². The first-order chi connectivity index (χ1) is 21.0. The molecule has 4 aromatic rings. The molecule has 43 heavy (non-hydrogen) atoms. The van der Waals surface area contributed by atoms with Gasteiger partial charge in [0.05, 0.1) is 0 Å². The summed E-state index contributed by atoms with van der Waals surface area (Å²) in [5.74, 6) is 0. The van der Waals surface area contributed by atoms with E-state index in [0.717, 1.165) is 8.95 Å². The summed E-state index contributed by atoms with van der Waals surface area (Å²) >= 11 is 7.12. The van der Waals surface area contributed by atoms with Gasteiger partial charge in [-0.25, -0.2) is 0 Å². The third-order valence-corrected chi connectivity index (χ3v) is 10.1. The van der Waals surface area contributed by atoms with E-state index in [0.29, 0.717) is 0 Å².